The van der Waals surface area contributed by atoms with Gasteiger partial charge < -0.3 is 15.1 Å². The first-order valence-electron chi connectivity index (χ1n) is 6.67. The lowest BCUT2D eigenvalue weighted by Crippen LogP contribution is -2.29. The van der Waals surface area contributed by atoms with Crippen molar-refractivity contribution < 1.29 is 12.8 Å². The normalized spacial score (nSPS) is 12.0. The van der Waals surface area contributed by atoms with E-state index < -0.39 is 10.0 Å². The van der Waals surface area contributed by atoms with Gasteiger partial charge in [-0.25, -0.2) is 13.1 Å². The summed E-state index contributed by atoms with van der Waals surface area (Å²) >= 11 is 0. The molecule has 0 unspecified atom stereocenters. The Hall–Kier alpha value is -1.19. The Morgan fingerprint density at radius 2 is 2.05 bits per heavy atom. The van der Waals surface area contributed by atoms with Gasteiger partial charge >= 0.3 is 6.01 Å². The van der Waals surface area contributed by atoms with Crippen LogP contribution in [0.3, 0.4) is 0 Å². The van der Waals surface area contributed by atoms with Crippen LogP contribution >= 0.6 is 0 Å². The molecule has 0 saturated carbocycles. The van der Waals surface area contributed by atoms with Crippen molar-refractivity contribution in [3.05, 3.63) is 5.89 Å². The van der Waals surface area contributed by atoms with Crippen molar-refractivity contribution in [3.63, 3.8) is 0 Å². The van der Waals surface area contributed by atoms with Crippen LogP contribution in [-0.2, 0) is 16.6 Å². The van der Waals surface area contributed by atoms with Gasteiger partial charge in [0.1, 0.15) is 0 Å². The predicted molar refractivity (Wildman–Crippen MR) is 76.8 cm³/mol. The minimum Gasteiger partial charge on any atom is -0.407 e. The summed E-state index contributed by atoms with van der Waals surface area (Å²) in [5, 5.41) is 13.6. The molecule has 0 aromatic carbocycles. The summed E-state index contributed by atoms with van der Waals surface area (Å²) in [6.45, 7) is 7.93. The van der Waals surface area contributed by atoms with Crippen molar-refractivity contribution in [2.45, 2.75) is 27.3 Å². The van der Waals surface area contributed by atoms with Gasteiger partial charge in [0.2, 0.25) is 15.9 Å². The molecule has 3 N–H and O–H groups in total. The van der Waals surface area contributed by atoms with Crippen LogP contribution in [0.15, 0.2) is 4.42 Å². The monoisotopic (exact) mass is 305 g/mol. The summed E-state index contributed by atoms with van der Waals surface area (Å²) in [6, 6.07) is 0.234. The molecule has 1 rings (SSSR count). The summed E-state index contributed by atoms with van der Waals surface area (Å²) in [5.74, 6) is 0.985. The Balaban J connectivity index is 2.30. The van der Waals surface area contributed by atoms with Gasteiger partial charge in [-0.3, -0.25) is 0 Å². The first kappa shape index (κ1) is 16.9. The van der Waals surface area contributed by atoms with Crippen molar-refractivity contribution >= 4 is 16.0 Å². The van der Waals surface area contributed by atoms with E-state index in [4.69, 9.17) is 4.42 Å². The second-order valence-corrected chi connectivity index (χ2v) is 6.70. The minimum absolute atomic E-state index is 0.0375. The Kier molecular flexibility index (Phi) is 6.89. The molecule has 0 aliphatic rings. The van der Waals surface area contributed by atoms with E-state index in [1.807, 2.05) is 0 Å². The molecule has 8 nitrogen and oxygen atoms in total. The lowest BCUT2D eigenvalue weighted by Gasteiger charge is -2.04. The first-order chi connectivity index (χ1) is 9.43. The number of sulfonamides is 1. The standard InChI is InChI=1S/C11H23N5O3S/c1-4-14-20(17,18)6-5-13-11-16-15-10(19-11)8-12-7-9(2)3/h9,12,14H,4-8H2,1-3H3,(H,13,16). The minimum atomic E-state index is -3.23. The second kappa shape index (κ2) is 8.18. The van der Waals surface area contributed by atoms with Crippen LogP contribution < -0.4 is 15.4 Å². The smallest absolute Gasteiger partial charge is 0.315 e. The Labute approximate surface area is 119 Å². The average molecular weight is 305 g/mol. The maximum Gasteiger partial charge on any atom is 0.315 e. The molecule has 0 bridgehead atoms. The summed E-state index contributed by atoms with van der Waals surface area (Å²) in [7, 11) is -3.23. The van der Waals surface area contributed by atoms with E-state index >= 15 is 0 Å². The zero-order valence-corrected chi connectivity index (χ0v) is 13.0. The lowest BCUT2D eigenvalue weighted by molar-refractivity contribution is 0.459. The fourth-order valence-electron chi connectivity index (χ4n) is 1.45. The third-order valence-corrected chi connectivity index (χ3v) is 3.78. The highest BCUT2D eigenvalue weighted by Gasteiger charge is 2.10. The quantitative estimate of drug-likeness (QED) is 0.565. The highest BCUT2D eigenvalue weighted by molar-refractivity contribution is 7.89. The van der Waals surface area contributed by atoms with E-state index in [2.05, 4.69) is 39.4 Å². The molecule has 0 atom stereocenters. The van der Waals surface area contributed by atoms with Crippen LogP contribution in [0, 0.1) is 5.92 Å². The topological polar surface area (TPSA) is 109 Å². The largest absolute Gasteiger partial charge is 0.407 e. The molecule has 20 heavy (non-hydrogen) atoms. The molecule has 1 heterocycles. The van der Waals surface area contributed by atoms with Crippen molar-refractivity contribution in [2.24, 2.45) is 5.92 Å². The number of anilines is 1. The fraction of sp³-hybridized carbons (Fsp3) is 0.818. The molecule has 0 fully saturated rings. The number of hydrogen-bond donors (Lipinski definition) is 3. The van der Waals surface area contributed by atoms with Gasteiger partial charge in [0, 0.05) is 13.1 Å². The van der Waals surface area contributed by atoms with Crippen LogP contribution in [-0.4, -0.2) is 44.0 Å². The third kappa shape index (κ3) is 6.83. The van der Waals surface area contributed by atoms with E-state index in [0.29, 0.717) is 24.9 Å². The molecule has 1 aromatic heterocycles. The van der Waals surface area contributed by atoms with Gasteiger partial charge in [-0.15, -0.1) is 5.10 Å². The molecular formula is C11H23N5O3S. The molecule has 0 amide bonds. The van der Waals surface area contributed by atoms with Crippen LogP contribution in [0.2, 0.25) is 0 Å². The fourth-order valence-corrected chi connectivity index (χ4v) is 2.40. The van der Waals surface area contributed by atoms with Crippen molar-refractivity contribution in [3.8, 4) is 0 Å². The molecule has 9 heteroatoms. The highest BCUT2D eigenvalue weighted by Crippen LogP contribution is 2.04. The van der Waals surface area contributed by atoms with Crippen LogP contribution in [0.4, 0.5) is 6.01 Å². The summed E-state index contributed by atoms with van der Waals surface area (Å²) in [6.07, 6.45) is 0. The third-order valence-electron chi connectivity index (χ3n) is 2.31. The molecule has 0 aliphatic carbocycles. The van der Waals surface area contributed by atoms with E-state index in [-0.39, 0.29) is 18.3 Å². The summed E-state index contributed by atoms with van der Waals surface area (Å²) in [4.78, 5) is 0. The summed E-state index contributed by atoms with van der Waals surface area (Å²) < 4.78 is 30.5. The molecule has 0 spiro atoms. The SMILES string of the molecule is CCNS(=O)(=O)CCNc1nnc(CNCC(C)C)o1. The summed E-state index contributed by atoms with van der Waals surface area (Å²) in [5.41, 5.74) is 0. The Bertz CT molecular complexity index is 486. The number of nitrogens with zero attached hydrogens (tertiary/aromatic N) is 2. The van der Waals surface area contributed by atoms with Gasteiger partial charge in [0.25, 0.3) is 0 Å². The molecule has 116 valence electrons. The van der Waals surface area contributed by atoms with Crippen LogP contribution in [0.25, 0.3) is 0 Å². The van der Waals surface area contributed by atoms with Crippen LogP contribution in [0.1, 0.15) is 26.7 Å². The van der Waals surface area contributed by atoms with Gasteiger partial charge in [0.05, 0.1) is 12.3 Å². The molecule has 0 radical (unpaired) electrons. The second-order valence-electron chi connectivity index (χ2n) is 4.77. The van der Waals surface area contributed by atoms with Gasteiger partial charge in [0.15, 0.2) is 0 Å². The van der Waals surface area contributed by atoms with Crippen molar-refractivity contribution in [1.82, 2.24) is 20.2 Å². The van der Waals surface area contributed by atoms with E-state index in [9.17, 15) is 8.42 Å². The molecular weight excluding hydrogens is 282 g/mol. The molecule has 0 saturated heterocycles. The van der Waals surface area contributed by atoms with Crippen LogP contribution in [0.5, 0.6) is 0 Å². The molecule has 0 aliphatic heterocycles. The number of rotatable bonds is 10. The van der Waals surface area contributed by atoms with Gasteiger partial charge in [-0.1, -0.05) is 25.9 Å². The Morgan fingerprint density at radius 1 is 1.30 bits per heavy atom. The number of hydrogen-bond acceptors (Lipinski definition) is 7. The Morgan fingerprint density at radius 3 is 2.70 bits per heavy atom. The lowest BCUT2D eigenvalue weighted by atomic mass is 10.2. The zero-order chi connectivity index (χ0) is 15.0. The van der Waals surface area contributed by atoms with E-state index in [1.54, 1.807) is 6.92 Å². The van der Waals surface area contributed by atoms with Crippen molar-refractivity contribution in [2.75, 3.05) is 30.7 Å². The van der Waals surface area contributed by atoms with Gasteiger partial charge in [-0.05, 0) is 12.5 Å². The van der Waals surface area contributed by atoms with Gasteiger partial charge in [-0.2, -0.15) is 0 Å². The van der Waals surface area contributed by atoms with E-state index in [1.165, 1.54) is 0 Å². The zero-order valence-electron chi connectivity index (χ0n) is 12.1. The van der Waals surface area contributed by atoms with Crippen molar-refractivity contribution in [1.29, 1.82) is 0 Å². The van der Waals surface area contributed by atoms with E-state index in [0.717, 1.165) is 6.54 Å². The number of aromatic nitrogens is 2. The number of nitrogens with one attached hydrogen (secondary N) is 3. The predicted octanol–water partition coefficient (Wildman–Crippen LogP) is 0.166. The average Bonchev–Trinajstić information content (AvgIpc) is 2.76. The highest BCUT2D eigenvalue weighted by atomic mass is 32.2. The maximum atomic E-state index is 11.4. The molecule has 1 aromatic rings. The first-order valence-corrected chi connectivity index (χ1v) is 8.32. The maximum absolute atomic E-state index is 11.4.